The van der Waals surface area contributed by atoms with Gasteiger partial charge in [0.2, 0.25) is 0 Å². The lowest BCUT2D eigenvalue weighted by Crippen LogP contribution is -2.05. The van der Waals surface area contributed by atoms with Crippen LogP contribution < -0.4 is 5.32 Å². The molecule has 0 aliphatic carbocycles. The lowest BCUT2D eigenvalue weighted by Gasteiger charge is -2.05. The van der Waals surface area contributed by atoms with Crippen LogP contribution in [0.1, 0.15) is 5.56 Å². The zero-order chi connectivity index (χ0) is 12.3. The van der Waals surface area contributed by atoms with Crippen LogP contribution in [0.4, 0.5) is 8.78 Å². The number of nitrogens with one attached hydrogen (secondary N) is 1. The highest BCUT2D eigenvalue weighted by Gasteiger charge is 2.05. The number of benzene rings is 1. The topological polar surface area (TPSA) is 24.9 Å². The number of pyridine rings is 1. The van der Waals surface area contributed by atoms with Gasteiger partial charge < -0.3 is 5.32 Å². The normalized spacial score (nSPS) is 10.5. The van der Waals surface area contributed by atoms with E-state index in [1.807, 2.05) is 13.1 Å². The van der Waals surface area contributed by atoms with Crippen LogP contribution in [0.25, 0.3) is 11.1 Å². The summed E-state index contributed by atoms with van der Waals surface area (Å²) in [6, 6.07) is 5.74. The predicted molar refractivity (Wildman–Crippen MR) is 62.4 cm³/mol. The van der Waals surface area contributed by atoms with Gasteiger partial charge in [0.15, 0.2) is 11.6 Å². The Kier molecular flexibility index (Phi) is 3.44. The van der Waals surface area contributed by atoms with E-state index in [9.17, 15) is 8.78 Å². The van der Waals surface area contributed by atoms with Crippen molar-refractivity contribution in [3.8, 4) is 11.1 Å². The third-order valence-electron chi connectivity index (χ3n) is 2.43. The van der Waals surface area contributed by atoms with Crippen molar-refractivity contribution in [3.05, 3.63) is 53.9 Å². The summed E-state index contributed by atoms with van der Waals surface area (Å²) >= 11 is 0. The Hall–Kier alpha value is -1.81. The molecule has 1 N–H and O–H groups in total. The zero-order valence-corrected chi connectivity index (χ0v) is 9.37. The molecule has 2 aromatic rings. The van der Waals surface area contributed by atoms with Crippen molar-refractivity contribution < 1.29 is 8.78 Å². The molecule has 0 amide bonds. The lowest BCUT2D eigenvalue weighted by atomic mass is 10.1. The maximum absolute atomic E-state index is 13.1. The first-order valence-corrected chi connectivity index (χ1v) is 5.24. The molecule has 0 aliphatic heterocycles. The fraction of sp³-hybridized carbons (Fsp3) is 0.154. The molecule has 2 nitrogen and oxygen atoms in total. The van der Waals surface area contributed by atoms with E-state index in [2.05, 4.69) is 10.3 Å². The fourth-order valence-electron chi connectivity index (χ4n) is 1.62. The Morgan fingerprint density at radius 3 is 2.59 bits per heavy atom. The summed E-state index contributed by atoms with van der Waals surface area (Å²) in [7, 11) is 1.84. The van der Waals surface area contributed by atoms with Crippen LogP contribution in [0.2, 0.25) is 0 Å². The van der Waals surface area contributed by atoms with Crippen molar-refractivity contribution in [2.75, 3.05) is 7.05 Å². The summed E-state index contributed by atoms with van der Waals surface area (Å²) in [5, 5.41) is 3.01. The molecule has 0 bridgehead atoms. The van der Waals surface area contributed by atoms with E-state index < -0.39 is 11.6 Å². The Morgan fingerprint density at radius 1 is 1.06 bits per heavy atom. The average molecular weight is 234 g/mol. The number of halogens is 2. The maximum Gasteiger partial charge on any atom is 0.159 e. The number of rotatable bonds is 3. The molecule has 0 radical (unpaired) electrons. The first-order valence-electron chi connectivity index (χ1n) is 5.24. The van der Waals surface area contributed by atoms with Crippen molar-refractivity contribution in [1.82, 2.24) is 10.3 Å². The Morgan fingerprint density at radius 2 is 1.88 bits per heavy atom. The zero-order valence-electron chi connectivity index (χ0n) is 9.37. The van der Waals surface area contributed by atoms with Gasteiger partial charge in [-0.25, -0.2) is 8.78 Å². The molecule has 0 saturated carbocycles. The minimum absolute atomic E-state index is 0.620. The predicted octanol–water partition coefficient (Wildman–Crippen LogP) is 2.75. The van der Waals surface area contributed by atoms with Gasteiger partial charge >= 0.3 is 0 Å². The van der Waals surface area contributed by atoms with E-state index in [4.69, 9.17) is 0 Å². The van der Waals surface area contributed by atoms with E-state index in [0.29, 0.717) is 12.1 Å². The van der Waals surface area contributed by atoms with Gasteiger partial charge in [-0.1, -0.05) is 6.07 Å². The van der Waals surface area contributed by atoms with E-state index in [1.54, 1.807) is 18.5 Å². The van der Waals surface area contributed by atoms with Crippen LogP contribution in [0.5, 0.6) is 0 Å². The monoisotopic (exact) mass is 234 g/mol. The average Bonchev–Trinajstić information content (AvgIpc) is 2.33. The molecule has 0 atom stereocenters. The lowest BCUT2D eigenvalue weighted by molar-refractivity contribution is 0.509. The van der Waals surface area contributed by atoms with Crippen LogP contribution in [0.3, 0.4) is 0 Å². The van der Waals surface area contributed by atoms with Crippen LogP contribution in [-0.4, -0.2) is 12.0 Å². The number of hydrogen-bond donors (Lipinski definition) is 1. The van der Waals surface area contributed by atoms with Crippen LogP contribution in [0.15, 0.2) is 36.7 Å². The van der Waals surface area contributed by atoms with E-state index in [1.165, 1.54) is 6.07 Å². The highest BCUT2D eigenvalue weighted by Crippen LogP contribution is 2.21. The van der Waals surface area contributed by atoms with Crippen molar-refractivity contribution in [2.45, 2.75) is 6.54 Å². The minimum Gasteiger partial charge on any atom is -0.316 e. The quantitative estimate of drug-likeness (QED) is 0.883. The number of hydrogen-bond acceptors (Lipinski definition) is 2. The molecule has 0 saturated heterocycles. The van der Waals surface area contributed by atoms with Crippen molar-refractivity contribution >= 4 is 0 Å². The van der Waals surface area contributed by atoms with Gasteiger partial charge in [0.25, 0.3) is 0 Å². The smallest absolute Gasteiger partial charge is 0.159 e. The van der Waals surface area contributed by atoms with Crippen molar-refractivity contribution in [1.29, 1.82) is 0 Å². The molecule has 0 spiro atoms. The molecule has 88 valence electrons. The summed E-state index contributed by atoms with van der Waals surface area (Å²) in [5.74, 6) is -1.69. The second kappa shape index (κ2) is 5.01. The summed E-state index contributed by atoms with van der Waals surface area (Å²) in [4.78, 5) is 4.08. The summed E-state index contributed by atoms with van der Waals surface area (Å²) in [5.41, 5.74) is 2.39. The summed E-state index contributed by atoms with van der Waals surface area (Å²) in [6.07, 6.45) is 3.37. The van der Waals surface area contributed by atoms with Crippen molar-refractivity contribution in [3.63, 3.8) is 0 Å². The van der Waals surface area contributed by atoms with Crippen LogP contribution in [-0.2, 0) is 6.54 Å². The second-order valence-electron chi connectivity index (χ2n) is 3.74. The maximum atomic E-state index is 13.1. The van der Waals surface area contributed by atoms with Gasteiger partial charge in [-0.05, 0) is 36.4 Å². The fourth-order valence-corrected chi connectivity index (χ4v) is 1.62. The Labute approximate surface area is 98.3 Å². The third-order valence-corrected chi connectivity index (χ3v) is 2.43. The molecule has 0 aliphatic rings. The molecule has 1 heterocycles. The first kappa shape index (κ1) is 11.7. The SMILES string of the molecule is CNCc1cncc(-c2ccc(F)c(F)c2)c1. The van der Waals surface area contributed by atoms with Gasteiger partial charge in [-0.15, -0.1) is 0 Å². The highest BCUT2D eigenvalue weighted by molar-refractivity contribution is 5.63. The van der Waals surface area contributed by atoms with Crippen LogP contribution >= 0.6 is 0 Å². The van der Waals surface area contributed by atoms with Gasteiger partial charge in [-0.3, -0.25) is 4.98 Å². The highest BCUT2D eigenvalue weighted by atomic mass is 19.2. The Bertz CT molecular complexity index is 527. The summed E-state index contributed by atoms with van der Waals surface area (Å²) < 4.78 is 25.9. The third kappa shape index (κ3) is 2.65. The van der Waals surface area contributed by atoms with Crippen LogP contribution in [0, 0.1) is 11.6 Å². The standard InChI is InChI=1S/C13H12F2N2/c1-16-6-9-4-11(8-17-7-9)10-2-3-12(14)13(15)5-10/h2-5,7-8,16H,6H2,1H3. The molecular formula is C13H12F2N2. The largest absolute Gasteiger partial charge is 0.316 e. The molecular weight excluding hydrogens is 222 g/mol. The molecule has 1 aromatic carbocycles. The minimum atomic E-state index is -0.846. The first-order chi connectivity index (χ1) is 8.20. The van der Waals surface area contributed by atoms with Gasteiger partial charge in [0.05, 0.1) is 0 Å². The second-order valence-corrected chi connectivity index (χ2v) is 3.74. The molecule has 1 aromatic heterocycles. The Balaban J connectivity index is 2.38. The van der Waals surface area contributed by atoms with Crippen molar-refractivity contribution in [2.24, 2.45) is 0 Å². The molecule has 2 rings (SSSR count). The van der Waals surface area contributed by atoms with Gasteiger partial charge in [0, 0.05) is 24.5 Å². The van der Waals surface area contributed by atoms with Gasteiger partial charge in [0.1, 0.15) is 0 Å². The number of nitrogens with zero attached hydrogens (tertiary/aromatic N) is 1. The molecule has 17 heavy (non-hydrogen) atoms. The van der Waals surface area contributed by atoms with E-state index in [0.717, 1.165) is 17.2 Å². The number of aromatic nitrogens is 1. The summed E-state index contributed by atoms with van der Waals surface area (Å²) in [6.45, 7) is 0.685. The van der Waals surface area contributed by atoms with Gasteiger partial charge in [-0.2, -0.15) is 0 Å². The molecule has 0 fully saturated rings. The van der Waals surface area contributed by atoms with E-state index >= 15 is 0 Å². The molecule has 4 heteroatoms. The molecule has 0 unspecified atom stereocenters. The van der Waals surface area contributed by atoms with E-state index in [-0.39, 0.29) is 0 Å².